The van der Waals surface area contributed by atoms with Gasteiger partial charge >= 0.3 is 0 Å². The second-order valence-corrected chi connectivity index (χ2v) is 10.1. The molecule has 3 saturated carbocycles. The van der Waals surface area contributed by atoms with Crippen molar-refractivity contribution in [1.29, 1.82) is 0 Å². The van der Waals surface area contributed by atoms with Gasteiger partial charge in [-0.3, -0.25) is 0 Å². The van der Waals surface area contributed by atoms with Gasteiger partial charge in [-0.25, -0.2) is 0 Å². The summed E-state index contributed by atoms with van der Waals surface area (Å²) in [5, 5.41) is 36.8. The Balaban J connectivity index is 0.000000223. The molecular weight excluding hydrogens is 340 g/mol. The van der Waals surface area contributed by atoms with E-state index in [1.165, 1.54) is 25.7 Å². The summed E-state index contributed by atoms with van der Waals surface area (Å²) in [5.41, 5.74) is 0.389. The quantitative estimate of drug-likeness (QED) is 0.593. The number of rotatable bonds is 4. The highest BCUT2D eigenvalue weighted by Crippen LogP contribution is 2.48. The molecule has 0 aromatic carbocycles. The molecule has 0 heterocycles. The van der Waals surface area contributed by atoms with Crippen LogP contribution in [0.3, 0.4) is 0 Å². The average molecular weight is 385 g/mol. The molecule has 3 rings (SSSR count). The fourth-order valence-corrected chi connectivity index (χ4v) is 5.57. The maximum atomic E-state index is 9.60. The number of aliphatic hydroxyl groups is 4. The fourth-order valence-electron chi connectivity index (χ4n) is 5.57. The van der Waals surface area contributed by atoms with Gasteiger partial charge in [-0.15, -0.1) is 0 Å². The molecule has 0 unspecified atom stereocenters. The Morgan fingerprint density at radius 2 is 0.852 bits per heavy atom. The molecular formula is C23H44O4. The average Bonchev–Trinajstić information content (AvgIpc) is 2.69. The largest absolute Gasteiger partial charge is 0.396 e. The van der Waals surface area contributed by atoms with Crippen molar-refractivity contribution < 1.29 is 20.4 Å². The standard InChI is InChI=1S/C15H28O2.C8H16O2/c1-15(2,11-3-7-13(16)8-4-11)12-5-9-14(17)10-6-12;9-5-7-1-2-8(6-10)4-3-7/h11-14,16-17H,3-10H2,1-2H3;7-10H,1-6H2. The summed E-state index contributed by atoms with van der Waals surface area (Å²) in [6.45, 7) is 5.49. The molecule has 4 nitrogen and oxygen atoms in total. The van der Waals surface area contributed by atoms with Crippen LogP contribution in [0.25, 0.3) is 0 Å². The van der Waals surface area contributed by atoms with Gasteiger partial charge in [0.05, 0.1) is 12.2 Å². The van der Waals surface area contributed by atoms with E-state index < -0.39 is 0 Å². The van der Waals surface area contributed by atoms with Gasteiger partial charge in [-0.2, -0.15) is 0 Å². The van der Waals surface area contributed by atoms with Crippen molar-refractivity contribution in [3.8, 4) is 0 Å². The summed E-state index contributed by atoms with van der Waals surface area (Å²) in [6.07, 6.45) is 13.0. The third-order valence-corrected chi connectivity index (χ3v) is 7.98. The van der Waals surface area contributed by atoms with Crippen molar-refractivity contribution in [3.05, 3.63) is 0 Å². The second kappa shape index (κ2) is 11.1. The van der Waals surface area contributed by atoms with E-state index >= 15 is 0 Å². The molecule has 0 bridgehead atoms. The first-order chi connectivity index (χ1) is 12.9. The lowest BCUT2D eigenvalue weighted by molar-refractivity contribution is 0.00233. The molecule has 160 valence electrons. The summed E-state index contributed by atoms with van der Waals surface area (Å²) < 4.78 is 0. The van der Waals surface area contributed by atoms with Crippen LogP contribution in [0.2, 0.25) is 0 Å². The number of hydrogen-bond donors (Lipinski definition) is 4. The zero-order valence-corrected chi connectivity index (χ0v) is 17.7. The van der Waals surface area contributed by atoms with Crippen LogP contribution in [0.4, 0.5) is 0 Å². The molecule has 0 saturated heterocycles. The molecule has 4 N–H and O–H groups in total. The minimum atomic E-state index is -0.0461. The van der Waals surface area contributed by atoms with Crippen LogP contribution < -0.4 is 0 Å². The molecule has 0 amide bonds. The molecule has 4 heteroatoms. The minimum Gasteiger partial charge on any atom is -0.396 e. The Hall–Kier alpha value is -0.160. The summed E-state index contributed by atoms with van der Waals surface area (Å²) in [6, 6.07) is 0. The molecule has 0 radical (unpaired) electrons. The van der Waals surface area contributed by atoms with Crippen LogP contribution in [-0.4, -0.2) is 45.8 Å². The van der Waals surface area contributed by atoms with Crippen LogP contribution in [0.15, 0.2) is 0 Å². The first-order valence-corrected chi connectivity index (χ1v) is 11.4. The summed E-state index contributed by atoms with van der Waals surface area (Å²) in [4.78, 5) is 0. The van der Waals surface area contributed by atoms with E-state index in [-0.39, 0.29) is 12.2 Å². The zero-order valence-electron chi connectivity index (χ0n) is 17.7. The highest BCUT2D eigenvalue weighted by molar-refractivity contribution is 4.90. The van der Waals surface area contributed by atoms with Gasteiger partial charge in [0.15, 0.2) is 0 Å². The van der Waals surface area contributed by atoms with E-state index in [1.807, 2.05) is 0 Å². The molecule has 3 aliphatic carbocycles. The van der Waals surface area contributed by atoms with E-state index in [9.17, 15) is 10.2 Å². The van der Waals surface area contributed by atoms with E-state index in [4.69, 9.17) is 10.2 Å². The van der Waals surface area contributed by atoms with Gasteiger partial charge in [0.25, 0.3) is 0 Å². The lowest BCUT2D eigenvalue weighted by atomic mass is 9.60. The second-order valence-electron chi connectivity index (χ2n) is 10.1. The maximum Gasteiger partial charge on any atom is 0.0540 e. The number of aliphatic hydroxyl groups excluding tert-OH is 4. The van der Waals surface area contributed by atoms with Crippen molar-refractivity contribution in [2.45, 2.75) is 103 Å². The first kappa shape index (κ1) is 23.1. The Kier molecular flexibility index (Phi) is 9.54. The first-order valence-electron chi connectivity index (χ1n) is 11.4. The molecule has 0 aromatic heterocycles. The predicted molar refractivity (Wildman–Crippen MR) is 109 cm³/mol. The lowest BCUT2D eigenvalue weighted by Crippen LogP contribution is -2.38. The molecule has 0 aromatic rings. The topological polar surface area (TPSA) is 80.9 Å². The SMILES string of the molecule is CC(C)(C1CCC(O)CC1)C1CCC(O)CC1.OCC1CCC(CO)CC1. The van der Waals surface area contributed by atoms with Crippen LogP contribution in [0, 0.1) is 29.1 Å². The third kappa shape index (κ3) is 6.99. The van der Waals surface area contributed by atoms with Gasteiger partial charge in [0.2, 0.25) is 0 Å². The van der Waals surface area contributed by atoms with E-state index in [0.29, 0.717) is 30.5 Å². The minimum absolute atomic E-state index is 0.0461. The molecule has 3 aliphatic rings. The van der Waals surface area contributed by atoms with Crippen LogP contribution in [-0.2, 0) is 0 Å². The normalized spacial score (nSPS) is 38.0. The van der Waals surface area contributed by atoms with Crippen molar-refractivity contribution in [2.75, 3.05) is 13.2 Å². The Bertz CT molecular complexity index is 351. The van der Waals surface area contributed by atoms with Crippen LogP contribution >= 0.6 is 0 Å². The van der Waals surface area contributed by atoms with Crippen molar-refractivity contribution in [3.63, 3.8) is 0 Å². The Labute approximate surface area is 166 Å². The molecule has 3 fully saturated rings. The highest BCUT2D eigenvalue weighted by atomic mass is 16.3. The smallest absolute Gasteiger partial charge is 0.0540 e. The van der Waals surface area contributed by atoms with Crippen LogP contribution in [0.1, 0.15) is 90.9 Å². The summed E-state index contributed by atoms with van der Waals surface area (Å²) >= 11 is 0. The fraction of sp³-hybridized carbons (Fsp3) is 1.00. The molecule has 0 aliphatic heterocycles. The van der Waals surface area contributed by atoms with E-state index in [2.05, 4.69) is 13.8 Å². The third-order valence-electron chi connectivity index (χ3n) is 7.98. The summed E-state index contributed by atoms with van der Waals surface area (Å²) in [7, 11) is 0. The van der Waals surface area contributed by atoms with E-state index in [0.717, 1.165) is 63.2 Å². The summed E-state index contributed by atoms with van der Waals surface area (Å²) in [5.74, 6) is 2.57. The molecule has 0 spiro atoms. The highest BCUT2D eigenvalue weighted by Gasteiger charge is 2.39. The van der Waals surface area contributed by atoms with Gasteiger partial charge in [0, 0.05) is 13.2 Å². The monoisotopic (exact) mass is 384 g/mol. The van der Waals surface area contributed by atoms with Gasteiger partial charge in [-0.05, 0) is 106 Å². The maximum absolute atomic E-state index is 9.60. The zero-order chi connectivity index (χ0) is 19.9. The van der Waals surface area contributed by atoms with Gasteiger partial charge in [0.1, 0.15) is 0 Å². The number of hydrogen-bond acceptors (Lipinski definition) is 4. The Morgan fingerprint density at radius 1 is 0.556 bits per heavy atom. The Morgan fingerprint density at radius 3 is 1.11 bits per heavy atom. The van der Waals surface area contributed by atoms with Gasteiger partial charge < -0.3 is 20.4 Å². The lowest BCUT2D eigenvalue weighted by Gasteiger charge is -2.46. The van der Waals surface area contributed by atoms with Crippen molar-refractivity contribution in [1.82, 2.24) is 0 Å². The van der Waals surface area contributed by atoms with Gasteiger partial charge in [-0.1, -0.05) is 13.8 Å². The molecule has 0 atom stereocenters. The van der Waals surface area contributed by atoms with Crippen molar-refractivity contribution >= 4 is 0 Å². The molecule has 27 heavy (non-hydrogen) atoms. The van der Waals surface area contributed by atoms with E-state index in [1.54, 1.807) is 0 Å². The van der Waals surface area contributed by atoms with Crippen molar-refractivity contribution in [2.24, 2.45) is 29.1 Å². The van der Waals surface area contributed by atoms with Crippen LogP contribution in [0.5, 0.6) is 0 Å². The predicted octanol–water partition coefficient (Wildman–Crippen LogP) is 3.89.